The van der Waals surface area contributed by atoms with Crippen molar-refractivity contribution >= 4 is 10.1 Å². The van der Waals surface area contributed by atoms with Gasteiger partial charge >= 0.3 is 10.1 Å². The van der Waals surface area contributed by atoms with Crippen LogP contribution in [0.5, 0.6) is 0 Å². The molecule has 0 unspecified atom stereocenters. The van der Waals surface area contributed by atoms with Crippen molar-refractivity contribution in [3.05, 3.63) is 54.7 Å². The third-order valence-corrected chi connectivity index (χ3v) is 2.35. The molecule has 0 fully saturated rings. The van der Waals surface area contributed by atoms with Crippen LogP contribution in [0.3, 0.4) is 0 Å². The van der Waals surface area contributed by atoms with Crippen molar-refractivity contribution in [1.29, 1.82) is 0 Å². The van der Waals surface area contributed by atoms with Gasteiger partial charge < -0.3 is 0 Å². The maximum Gasteiger partial charge on any atom is 0.389 e. The van der Waals surface area contributed by atoms with Gasteiger partial charge in [0, 0.05) is 16.9 Å². The summed E-state index contributed by atoms with van der Waals surface area (Å²) in [5, 5.41) is 1.01. The summed E-state index contributed by atoms with van der Waals surface area (Å²) >= 11 is 0. The maximum atomic E-state index is 11.3. The first-order valence-corrected chi connectivity index (χ1v) is 5.80. The highest BCUT2D eigenvalue weighted by atomic mass is 32.2. The van der Waals surface area contributed by atoms with Crippen LogP contribution in [0.2, 0.25) is 0 Å². The third kappa shape index (κ3) is 4.42. The summed E-state index contributed by atoms with van der Waals surface area (Å²) in [6, 6.07) is 5.10. The van der Waals surface area contributed by atoms with Gasteiger partial charge in [0.1, 0.15) is 0 Å². The smallest absolute Gasteiger partial charge is 0.176 e. The SMILES string of the molecule is C=CCC=CS(=O)(=O)O[n+]1ccccc1. The Kier molecular flexibility index (Phi) is 4.05. The first kappa shape index (κ1) is 11.5. The van der Waals surface area contributed by atoms with E-state index in [-0.39, 0.29) is 0 Å². The number of hydrogen-bond donors (Lipinski definition) is 0. The van der Waals surface area contributed by atoms with Crippen LogP contribution in [0, 0.1) is 0 Å². The molecule has 0 aliphatic carbocycles. The van der Waals surface area contributed by atoms with Gasteiger partial charge in [-0.15, -0.1) is 10.9 Å². The molecule has 0 aliphatic rings. The monoisotopic (exact) mass is 226 g/mol. The van der Waals surface area contributed by atoms with Crippen molar-refractivity contribution in [2.75, 3.05) is 0 Å². The molecule has 1 heterocycles. The minimum Gasteiger partial charge on any atom is -0.176 e. The Morgan fingerprint density at radius 1 is 1.27 bits per heavy atom. The van der Waals surface area contributed by atoms with Gasteiger partial charge in [-0.1, -0.05) is 18.2 Å². The summed E-state index contributed by atoms with van der Waals surface area (Å²) in [6.07, 6.45) is 6.55. The van der Waals surface area contributed by atoms with Crippen LogP contribution in [0.15, 0.2) is 54.7 Å². The number of nitrogens with zero attached hydrogens (tertiary/aromatic N) is 1. The largest absolute Gasteiger partial charge is 0.389 e. The minimum atomic E-state index is -3.67. The summed E-state index contributed by atoms with van der Waals surface area (Å²) in [5.74, 6) is 0. The van der Waals surface area contributed by atoms with Crippen molar-refractivity contribution in [3.8, 4) is 0 Å². The van der Waals surface area contributed by atoms with Crippen molar-refractivity contribution in [1.82, 2.24) is 0 Å². The first-order valence-electron chi connectivity index (χ1n) is 4.33. The van der Waals surface area contributed by atoms with Crippen LogP contribution in [-0.2, 0) is 10.1 Å². The zero-order valence-corrected chi connectivity index (χ0v) is 8.93. The van der Waals surface area contributed by atoms with Gasteiger partial charge in [0.15, 0.2) is 0 Å². The van der Waals surface area contributed by atoms with E-state index in [0.717, 1.165) is 10.1 Å². The molecular formula is C10H12NO3S+. The Hall–Kier alpha value is -1.62. The van der Waals surface area contributed by atoms with E-state index in [1.807, 2.05) is 0 Å². The third-order valence-electron chi connectivity index (χ3n) is 1.44. The molecule has 0 bridgehead atoms. The maximum absolute atomic E-state index is 11.3. The number of allylic oxidation sites excluding steroid dienone is 2. The molecule has 0 amide bonds. The molecule has 15 heavy (non-hydrogen) atoms. The predicted molar refractivity (Wildman–Crippen MR) is 56.1 cm³/mol. The van der Waals surface area contributed by atoms with E-state index in [1.165, 1.54) is 18.5 Å². The van der Waals surface area contributed by atoms with Crippen LogP contribution >= 0.6 is 0 Å². The molecule has 0 saturated carbocycles. The second kappa shape index (κ2) is 5.31. The Morgan fingerprint density at radius 3 is 2.53 bits per heavy atom. The highest BCUT2D eigenvalue weighted by Crippen LogP contribution is 1.91. The standard InChI is InChI=1S/C10H12NO3S/c1-2-3-7-10-15(12,13)14-11-8-5-4-6-9-11/h2,4-10H,1,3H2/q+1. The molecule has 1 aromatic heterocycles. The zero-order valence-electron chi connectivity index (χ0n) is 8.11. The number of rotatable bonds is 5. The molecule has 0 aromatic carbocycles. The summed E-state index contributed by atoms with van der Waals surface area (Å²) in [5.41, 5.74) is 0. The number of pyridine rings is 1. The zero-order chi connectivity index (χ0) is 11.1. The van der Waals surface area contributed by atoms with E-state index < -0.39 is 10.1 Å². The molecule has 0 radical (unpaired) electrons. The molecule has 1 aromatic rings. The number of hydrogen-bond acceptors (Lipinski definition) is 3. The lowest BCUT2D eigenvalue weighted by atomic mass is 10.4. The summed E-state index contributed by atoms with van der Waals surface area (Å²) in [6.45, 7) is 3.47. The molecule has 0 aliphatic heterocycles. The normalized spacial score (nSPS) is 11.5. The molecule has 0 atom stereocenters. The minimum absolute atomic E-state index is 0.488. The van der Waals surface area contributed by atoms with E-state index in [2.05, 4.69) is 6.58 Å². The van der Waals surface area contributed by atoms with Crippen molar-refractivity contribution in [2.24, 2.45) is 0 Å². The Morgan fingerprint density at radius 2 is 1.93 bits per heavy atom. The fourth-order valence-electron chi connectivity index (χ4n) is 0.847. The van der Waals surface area contributed by atoms with Crippen molar-refractivity contribution in [2.45, 2.75) is 6.42 Å². The van der Waals surface area contributed by atoms with E-state index in [9.17, 15) is 8.42 Å². The fraction of sp³-hybridized carbons (Fsp3) is 0.100. The lowest BCUT2D eigenvalue weighted by molar-refractivity contribution is -0.856. The van der Waals surface area contributed by atoms with Gasteiger partial charge in [0.2, 0.25) is 12.4 Å². The van der Waals surface area contributed by atoms with Gasteiger partial charge in [-0.05, 0) is 6.42 Å². The fourth-order valence-corrected chi connectivity index (χ4v) is 1.58. The van der Waals surface area contributed by atoms with Crippen LogP contribution in [0.1, 0.15) is 6.42 Å². The highest BCUT2D eigenvalue weighted by Gasteiger charge is 2.12. The lowest BCUT2D eigenvalue weighted by Gasteiger charge is -1.93. The summed E-state index contributed by atoms with van der Waals surface area (Å²) in [4.78, 5) is 0. The Bertz CT molecular complexity index is 437. The molecule has 0 saturated heterocycles. The second-order valence-electron chi connectivity index (χ2n) is 2.70. The molecule has 1 rings (SSSR count). The average molecular weight is 226 g/mol. The molecule has 0 spiro atoms. The van der Waals surface area contributed by atoms with Gasteiger partial charge in [-0.3, -0.25) is 0 Å². The topological polar surface area (TPSA) is 47.3 Å². The van der Waals surface area contributed by atoms with Gasteiger partial charge in [-0.25, -0.2) is 0 Å². The predicted octanol–water partition coefficient (Wildman–Crippen LogP) is 0.822. The Labute approximate surface area is 89.2 Å². The van der Waals surface area contributed by atoms with Crippen LogP contribution in [0.25, 0.3) is 0 Å². The van der Waals surface area contributed by atoms with Crippen LogP contribution in [0.4, 0.5) is 0 Å². The van der Waals surface area contributed by atoms with E-state index >= 15 is 0 Å². The lowest BCUT2D eigenvalue weighted by Crippen LogP contribution is -2.44. The number of aromatic nitrogens is 1. The van der Waals surface area contributed by atoms with Gasteiger partial charge in [0.25, 0.3) is 0 Å². The molecule has 5 heteroatoms. The van der Waals surface area contributed by atoms with Crippen LogP contribution in [-0.4, -0.2) is 8.42 Å². The Balaban J connectivity index is 2.69. The molecular weight excluding hydrogens is 214 g/mol. The van der Waals surface area contributed by atoms with Gasteiger partial charge in [0.05, 0.1) is 5.41 Å². The second-order valence-corrected chi connectivity index (χ2v) is 4.11. The van der Waals surface area contributed by atoms with Gasteiger partial charge in [-0.2, -0.15) is 8.42 Å². The van der Waals surface area contributed by atoms with E-state index in [1.54, 1.807) is 24.3 Å². The van der Waals surface area contributed by atoms with Crippen molar-refractivity contribution in [3.63, 3.8) is 0 Å². The molecule has 4 nitrogen and oxygen atoms in total. The molecule has 80 valence electrons. The van der Waals surface area contributed by atoms with Crippen LogP contribution < -0.4 is 9.01 Å². The first-order chi connectivity index (χ1) is 7.14. The van der Waals surface area contributed by atoms with Crippen molar-refractivity contribution < 1.29 is 17.4 Å². The van der Waals surface area contributed by atoms with E-state index in [0.29, 0.717) is 6.42 Å². The average Bonchev–Trinajstić information content (AvgIpc) is 2.18. The highest BCUT2D eigenvalue weighted by molar-refractivity contribution is 7.89. The molecule has 0 N–H and O–H groups in total. The summed E-state index contributed by atoms with van der Waals surface area (Å²) in [7, 11) is -3.67. The van der Waals surface area contributed by atoms with E-state index in [4.69, 9.17) is 4.28 Å². The summed E-state index contributed by atoms with van der Waals surface area (Å²) < 4.78 is 28.5. The quantitative estimate of drug-likeness (QED) is 0.551.